The summed E-state index contributed by atoms with van der Waals surface area (Å²) in [5, 5.41) is 12.9. The van der Waals surface area contributed by atoms with E-state index in [9.17, 15) is 14.7 Å². The molecule has 2 aromatic carbocycles. The van der Waals surface area contributed by atoms with Crippen molar-refractivity contribution < 1.29 is 19.4 Å². The van der Waals surface area contributed by atoms with Gasteiger partial charge in [0.1, 0.15) is 10.8 Å². The molecule has 0 saturated carbocycles. The third-order valence-electron chi connectivity index (χ3n) is 6.63. The molecule has 0 bridgehead atoms. The molecule has 0 atom stereocenters. The molecule has 0 fully saturated rings. The highest BCUT2D eigenvalue weighted by Crippen LogP contribution is 2.40. The molecule has 7 nitrogen and oxygen atoms in total. The van der Waals surface area contributed by atoms with Gasteiger partial charge in [0, 0.05) is 21.9 Å². The molecule has 2 aromatic heterocycles. The topological polar surface area (TPSA) is 90.1 Å². The van der Waals surface area contributed by atoms with Gasteiger partial charge in [-0.1, -0.05) is 30.3 Å². The Hall–Kier alpha value is -3.91. The normalized spacial score (nSPS) is 13.1. The number of esters is 1. The van der Waals surface area contributed by atoms with Crippen LogP contribution in [0.15, 0.2) is 58.3 Å². The third kappa shape index (κ3) is 4.76. The van der Waals surface area contributed by atoms with E-state index in [1.807, 2.05) is 30.3 Å². The first-order valence-corrected chi connectivity index (χ1v) is 13.2. The highest BCUT2D eigenvalue weighted by atomic mass is 32.1. The molecule has 190 valence electrons. The molecule has 0 radical (unpaired) electrons. The average Bonchev–Trinajstić information content (AvgIpc) is 3.30. The number of hydrogen-bond acceptors (Lipinski definition) is 7. The Kier molecular flexibility index (Phi) is 7.10. The van der Waals surface area contributed by atoms with Crippen LogP contribution in [0.25, 0.3) is 10.8 Å². The van der Waals surface area contributed by atoms with E-state index in [2.05, 4.69) is 0 Å². The number of aryl methyl sites for hydroxylation is 1. The Morgan fingerprint density at radius 3 is 2.57 bits per heavy atom. The number of pyridine rings is 1. The van der Waals surface area contributed by atoms with Gasteiger partial charge >= 0.3 is 5.97 Å². The fraction of sp³-hybridized carbons (Fsp3) is 0.276. The van der Waals surface area contributed by atoms with Crippen molar-refractivity contribution >= 4 is 39.3 Å². The second-order valence-electron chi connectivity index (χ2n) is 8.89. The first-order valence-electron chi connectivity index (χ1n) is 12.3. The largest absolute Gasteiger partial charge is 0.497 e. The zero-order valence-electron chi connectivity index (χ0n) is 20.8. The smallest absolute Gasteiger partial charge is 0.341 e. The van der Waals surface area contributed by atoms with Gasteiger partial charge < -0.3 is 14.6 Å². The minimum atomic E-state index is -0.368. The highest BCUT2D eigenvalue weighted by Gasteiger charge is 2.26. The molecule has 0 aliphatic heterocycles. The Morgan fingerprint density at radius 1 is 1.11 bits per heavy atom. The van der Waals surface area contributed by atoms with Crippen LogP contribution in [-0.4, -0.2) is 35.6 Å². The van der Waals surface area contributed by atoms with Crippen LogP contribution in [0.1, 0.15) is 51.7 Å². The van der Waals surface area contributed by atoms with Gasteiger partial charge in [0.05, 0.1) is 31.4 Å². The maximum Gasteiger partial charge on any atom is 0.341 e. The molecule has 4 aromatic rings. The predicted molar refractivity (Wildman–Crippen MR) is 146 cm³/mol. The minimum Gasteiger partial charge on any atom is -0.497 e. The number of benzene rings is 2. The monoisotopic (exact) mass is 516 g/mol. The highest BCUT2D eigenvalue weighted by molar-refractivity contribution is 7.16. The van der Waals surface area contributed by atoms with Gasteiger partial charge in [0.2, 0.25) is 5.88 Å². The lowest BCUT2D eigenvalue weighted by Gasteiger charge is -2.14. The van der Waals surface area contributed by atoms with Gasteiger partial charge in [-0.3, -0.25) is 9.36 Å². The number of aromatic nitrogens is 1. The van der Waals surface area contributed by atoms with Crippen LogP contribution in [0.5, 0.6) is 11.6 Å². The number of aliphatic imine (C=N–C) groups is 1. The summed E-state index contributed by atoms with van der Waals surface area (Å²) in [7, 11) is 1.59. The molecule has 0 amide bonds. The van der Waals surface area contributed by atoms with Crippen molar-refractivity contribution in [2.45, 2.75) is 39.2 Å². The predicted octanol–water partition coefficient (Wildman–Crippen LogP) is 5.63. The maximum atomic E-state index is 13.3. The molecule has 0 saturated heterocycles. The van der Waals surface area contributed by atoms with E-state index in [0.29, 0.717) is 32.6 Å². The SMILES string of the molecule is CCOC(=O)c1c(N=Cc2c(O)n(Cc3ccc(OC)cc3)c(=O)c3ccccc23)sc2c1CCCC2. The summed E-state index contributed by atoms with van der Waals surface area (Å²) in [4.78, 5) is 32.0. The van der Waals surface area contributed by atoms with Crippen molar-refractivity contribution in [3.8, 4) is 11.6 Å². The fourth-order valence-electron chi connectivity index (χ4n) is 4.78. The van der Waals surface area contributed by atoms with Crippen molar-refractivity contribution in [2.24, 2.45) is 4.99 Å². The van der Waals surface area contributed by atoms with Crippen LogP contribution in [0.4, 0.5) is 5.00 Å². The van der Waals surface area contributed by atoms with Gasteiger partial charge in [0.15, 0.2) is 0 Å². The molecular formula is C29H28N2O5S. The Labute approximate surface area is 218 Å². The zero-order chi connectivity index (χ0) is 25.9. The number of carbonyl (C=O) groups is 1. The summed E-state index contributed by atoms with van der Waals surface area (Å²) in [6.45, 7) is 2.26. The van der Waals surface area contributed by atoms with E-state index in [0.717, 1.165) is 36.8 Å². The van der Waals surface area contributed by atoms with Gasteiger partial charge in [0.25, 0.3) is 5.56 Å². The molecule has 1 aliphatic carbocycles. The molecule has 1 N–H and O–H groups in total. The molecule has 37 heavy (non-hydrogen) atoms. The Bertz CT molecular complexity index is 1550. The average molecular weight is 517 g/mol. The summed E-state index contributed by atoms with van der Waals surface area (Å²) in [5.74, 6) is 0.164. The van der Waals surface area contributed by atoms with E-state index in [1.165, 1.54) is 20.8 Å². The van der Waals surface area contributed by atoms with Crippen LogP contribution in [0.3, 0.4) is 0 Å². The van der Waals surface area contributed by atoms with Crippen LogP contribution in [0, 0.1) is 0 Å². The first kappa shape index (κ1) is 24.8. The number of nitrogens with zero attached hydrogens (tertiary/aromatic N) is 2. The standard InChI is InChI=1S/C29H28N2O5S/c1-3-36-29(34)25-22-10-6-7-11-24(22)37-26(25)30-16-23-20-8-4-5-9-21(20)27(32)31(28(23)33)17-18-12-14-19(35-2)15-13-18/h4-5,8-9,12-16,33H,3,6-7,10-11,17H2,1-2H3. The summed E-state index contributed by atoms with van der Waals surface area (Å²) >= 11 is 1.50. The van der Waals surface area contributed by atoms with E-state index < -0.39 is 0 Å². The number of hydrogen-bond donors (Lipinski definition) is 1. The molecule has 0 spiro atoms. The van der Waals surface area contributed by atoms with E-state index >= 15 is 0 Å². The second-order valence-corrected chi connectivity index (χ2v) is 9.98. The van der Waals surface area contributed by atoms with Crippen LogP contribution in [-0.2, 0) is 24.1 Å². The number of methoxy groups -OCH3 is 1. The number of ether oxygens (including phenoxy) is 2. The van der Waals surface area contributed by atoms with Crippen molar-refractivity contribution in [3.63, 3.8) is 0 Å². The fourth-order valence-corrected chi connectivity index (χ4v) is 6.00. The van der Waals surface area contributed by atoms with Crippen molar-refractivity contribution in [1.82, 2.24) is 4.57 Å². The number of carbonyl (C=O) groups excluding carboxylic acids is 1. The van der Waals surface area contributed by atoms with Gasteiger partial charge in [-0.05, 0) is 61.9 Å². The van der Waals surface area contributed by atoms with E-state index in [-0.39, 0.29) is 30.6 Å². The minimum absolute atomic E-state index is 0.178. The van der Waals surface area contributed by atoms with Crippen molar-refractivity contribution in [1.29, 1.82) is 0 Å². The molecule has 5 rings (SSSR count). The number of aromatic hydroxyl groups is 1. The van der Waals surface area contributed by atoms with Crippen molar-refractivity contribution in [3.05, 3.63) is 86.0 Å². The first-order chi connectivity index (χ1) is 18.0. The lowest BCUT2D eigenvalue weighted by atomic mass is 9.95. The number of fused-ring (bicyclic) bond motifs is 2. The zero-order valence-corrected chi connectivity index (χ0v) is 21.6. The summed E-state index contributed by atoms with van der Waals surface area (Å²) in [6, 6.07) is 14.5. The van der Waals surface area contributed by atoms with Gasteiger partial charge in [-0.25, -0.2) is 9.79 Å². The van der Waals surface area contributed by atoms with E-state index in [4.69, 9.17) is 14.5 Å². The number of thiophene rings is 1. The lowest BCUT2D eigenvalue weighted by molar-refractivity contribution is 0.0526. The third-order valence-corrected chi connectivity index (χ3v) is 7.83. The summed E-state index contributed by atoms with van der Waals surface area (Å²) in [6.07, 6.45) is 5.42. The van der Waals surface area contributed by atoms with Crippen LogP contribution >= 0.6 is 11.3 Å². The molecule has 8 heteroatoms. The molecule has 0 unspecified atom stereocenters. The second kappa shape index (κ2) is 10.6. The van der Waals surface area contributed by atoms with Gasteiger partial charge in [-0.2, -0.15) is 0 Å². The van der Waals surface area contributed by atoms with E-state index in [1.54, 1.807) is 38.4 Å². The van der Waals surface area contributed by atoms with Crippen LogP contribution in [0.2, 0.25) is 0 Å². The lowest BCUT2D eigenvalue weighted by Crippen LogP contribution is -2.22. The Balaban J connectivity index is 1.62. The van der Waals surface area contributed by atoms with Crippen molar-refractivity contribution in [2.75, 3.05) is 13.7 Å². The Morgan fingerprint density at radius 2 is 1.84 bits per heavy atom. The maximum absolute atomic E-state index is 13.3. The van der Waals surface area contributed by atoms with Crippen LogP contribution < -0.4 is 10.3 Å². The number of rotatable bonds is 7. The summed E-state index contributed by atoms with van der Waals surface area (Å²) in [5.41, 5.74) is 2.52. The molecule has 1 aliphatic rings. The quantitative estimate of drug-likeness (QED) is 0.254. The summed E-state index contributed by atoms with van der Waals surface area (Å²) < 4.78 is 11.9. The molecule has 2 heterocycles. The van der Waals surface area contributed by atoms with Gasteiger partial charge in [-0.15, -0.1) is 11.3 Å². The molecular weight excluding hydrogens is 488 g/mol.